The molecule has 0 aliphatic carbocycles. The van der Waals surface area contributed by atoms with Gasteiger partial charge in [-0.2, -0.15) is 0 Å². The second-order valence-corrected chi connectivity index (χ2v) is 5.12. The van der Waals surface area contributed by atoms with E-state index >= 15 is 0 Å². The van der Waals surface area contributed by atoms with Crippen molar-refractivity contribution in [1.29, 1.82) is 0 Å². The lowest BCUT2D eigenvalue weighted by Crippen LogP contribution is -2.51. The molecule has 0 fully saturated rings. The topological polar surface area (TPSA) is 66.8 Å². The molecule has 0 spiro atoms. The molecular formula is C15H21NO4. The van der Waals surface area contributed by atoms with Crippen LogP contribution in [-0.2, 0) is 9.53 Å². The van der Waals surface area contributed by atoms with E-state index in [-0.39, 0.29) is 31.4 Å². The van der Waals surface area contributed by atoms with Gasteiger partial charge >= 0.3 is 5.97 Å². The van der Waals surface area contributed by atoms with E-state index in [2.05, 4.69) is 4.74 Å². The Bertz CT molecular complexity index is 456. The van der Waals surface area contributed by atoms with Crippen LogP contribution in [0.15, 0.2) is 30.3 Å². The third-order valence-corrected chi connectivity index (χ3v) is 3.15. The maximum Gasteiger partial charge on any atom is 0.307 e. The number of hydrogen-bond donors (Lipinski definition) is 1. The van der Waals surface area contributed by atoms with Crippen LogP contribution in [0.4, 0.5) is 0 Å². The molecule has 1 N–H and O–H groups in total. The van der Waals surface area contributed by atoms with E-state index in [1.807, 2.05) is 6.07 Å². The van der Waals surface area contributed by atoms with E-state index in [1.165, 1.54) is 12.0 Å². The maximum absolute atomic E-state index is 12.5. The smallest absolute Gasteiger partial charge is 0.307 e. The molecule has 20 heavy (non-hydrogen) atoms. The molecule has 0 saturated carbocycles. The lowest BCUT2D eigenvalue weighted by molar-refractivity contribution is -0.141. The van der Waals surface area contributed by atoms with Gasteiger partial charge in [0.2, 0.25) is 0 Å². The number of benzene rings is 1. The second-order valence-electron chi connectivity index (χ2n) is 5.12. The van der Waals surface area contributed by atoms with E-state index in [1.54, 1.807) is 38.1 Å². The van der Waals surface area contributed by atoms with Crippen LogP contribution in [0.25, 0.3) is 0 Å². The van der Waals surface area contributed by atoms with Gasteiger partial charge in [-0.05, 0) is 26.0 Å². The molecule has 5 heteroatoms. The highest BCUT2D eigenvalue weighted by molar-refractivity contribution is 5.94. The average molecular weight is 279 g/mol. The van der Waals surface area contributed by atoms with Crippen molar-refractivity contribution in [1.82, 2.24) is 4.90 Å². The Hall–Kier alpha value is -1.88. The molecule has 0 heterocycles. The first-order valence-corrected chi connectivity index (χ1v) is 6.47. The van der Waals surface area contributed by atoms with Gasteiger partial charge in [-0.25, -0.2) is 0 Å². The molecule has 1 rings (SSSR count). The molecule has 0 aromatic heterocycles. The lowest BCUT2D eigenvalue weighted by Gasteiger charge is -2.37. The molecule has 1 aromatic carbocycles. The fourth-order valence-corrected chi connectivity index (χ4v) is 1.81. The van der Waals surface area contributed by atoms with E-state index < -0.39 is 5.54 Å². The third-order valence-electron chi connectivity index (χ3n) is 3.15. The van der Waals surface area contributed by atoms with E-state index in [0.717, 1.165) is 0 Å². The molecule has 1 amide bonds. The highest BCUT2D eigenvalue weighted by Crippen LogP contribution is 2.18. The molecule has 0 atom stereocenters. The number of amides is 1. The summed E-state index contributed by atoms with van der Waals surface area (Å²) in [5.41, 5.74) is -0.222. The summed E-state index contributed by atoms with van der Waals surface area (Å²) in [6, 6.07) is 8.80. The number of aliphatic hydroxyl groups is 1. The number of rotatable bonds is 6. The fourth-order valence-electron chi connectivity index (χ4n) is 1.81. The van der Waals surface area contributed by atoms with Crippen LogP contribution in [-0.4, -0.2) is 47.7 Å². The standard InChI is InChI=1S/C15H21NO4/c1-15(2,11-17)16(10-9-13(18)20-3)14(19)12-7-5-4-6-8-12/h4-8,17H,9-11H2,1-3H3. The highest BCUT2D eigenvalue weighted by atomic mass is 16.5. The van der Waals surface area contributed by atoms with Crippen molar-refractivity contribution in [2.75, 3.05) is 20.3 Å². The van der Waals surface area contributed by atoms with E-state index in [9.17, 15) is 14.7 Å². The van der Waals surface area contributed by atoms with Crippen LogP contribution >= 0.6 is 0 Å². The Labute approximate surface area is 119 Å². The molecule has 1 aromatic rings. The van der Waals surface area contributed by atoms with Crippen molar-refractivity contribution in [3.05, 3.63) is 35.9 Å². The number of ether oxygens (including phenoxy) is 1. The van der Waals surface area contributed by atoms with Crippen molar-refractivity contribution in [3.63, 3.8) is 0 Å². The van der Waals surface area contributed by atoms with Gasteiger partial charge in [0.15, 0.2) is 0 Å². The maximum atomic E-state index is 12.5. The van der Waals surface area contributed by atoms with Crippen molar-refractivity contribution >= 4 is 11.9 Å². The summed E-state index contributed by atoms with van der Waals surface area (Å²) in [5, 5.41) is 9.47. The fraction of sp³-hybridized carbons (Fsp3) is 0.467. The van der Waals surface area contributed by atoms with Crippen LogP contribution in [0.5, 0.6) is 0 Å². The van der Waals surface area contributed by atoms with Crippen molar-refractivity contribution in [2.45, 2.75) is 25.8 Å². The number of nitrogens with zero attached hydrogens (tertiary/aromatic N) is 1. The number of aliphatic hydroxyl groups excluding tert-OH is 1. The van der Waals surface area contributed by atoms with Crippen LogP contribution in [0.3, 0.4) is 0 Å². The molecule has 110 valence electrons. The highest BCUT2D eigenvalue weighted by Gasteiger charge is 2.31. The zero-order chi connectivity index (χ0) is 15.2. The quantitative estimate of drug-likeness (QED) is 0.801. The van der Waals surface area contributed by atoms with Crippen LogP contribution in [0.2, 0.25) is 0 Å². The number of carbonyl (C=O) groups excluding carboxylic acids is 2. The Balaban J connectivity index is 2.93. The minimum absolute atomic E-state index is 0.0957. The van der Waals surface area contributed by atoms with Gasteiger partial charge in [-0.3, -0.25) is 9.59 Å². The predicted molar refractivity (Wildman–Crippen MR) is 75.3 cm³/mol. The SMILES string of the molecule is COC(=O)CCN(C(=O)c1ccccc1)C(C)(C)CO. The third kappa shape index (κ3) is 4.06. The minimum Gasteiger partial charge on any atom is -0.469 e. The molecule has 5 nitrogen and oxygen atoms in total. The summed E-state index contributed by atoms with van der Waals surface area (Å²) >= 11 is 0. The number of methoxy groups -OCH3 is 1. The number of carbonyl (C=O) groups is 2. The van der Waals surface area contributed by atoms with Gasteiger partial charge in [0.25, 0.3) is 5.91 Å². The number of hydrogen-bond acceptors (Lipinski definition) is 4. The lowest BCUT2D eigenvalue weighted by atomic mass is 10.0. The molecule has 0 aliphatic heterocycles. The molecule has 0 saturated heterocycles. The molecule has 0 unspecified atom stereocenters. The summed E-state index contributed by atoms with van der Waals surface area (Å²) in [6.07, 6.45) is 0.0957. The molecule has 0 radical (unpaired) electrons. The Morgan fingerprint density at radius 3 is 2.35 bits per heavy atom. The zero-order valence-corrected chi connectivity index (χ0v) is 12.1. The van der Waals surface area contributed by atoms with Crippen LogP contribution in [0, 0.1) is 0 Å². The first-order chi connectivity index (χ1) is 9.42. The average Bonchev–Trinajstić information content (AvgIpc) is 2.47. The summed E-state index contributed by atoms with van der Waals surface area (Å²) < 4.78 is 4.59. The van der Waals surface area contributed by atoms with E-state index in [0.29, 0.717) is 5.56 Å². The summed E-state index contributed by atoms with van der Waals surface area (Å²) in [4.78, 5) is 25.3. The van der Waals surface area contributed by atoms with Crippen LogP contribution < -0.4 is 0 Å². The van der Waals surface area contributed by atoms with Gasteiger partial charge in [0, 0.05) is 12.1 Å². The molecule has 0 bridgehead atoms. The zero-order valence-electron chi connectivity index (χ0n) is 12.1. The first kappa shape index (κ1) is 16.2. The first-order valence-electron chi connectivity index (χ1n) is 6.47. The monoisotopic (exact) mass is 279 g/mol. The van der Waals surface area contributed by atoms with E-state index in [4.69, 9.17) is 0 Å². The molecule has 0 aliphatic rings. The minimum atomic E-state index is -0.749. The van der Waals surface area contributed by atoms with Gasteiger partial charge in [-0.15, -0.1) is 0 Å². The van der Waals surface area contributed by atoms with Gasteiger partial charge in [0.05, 0.1) is 25.7 Å². The normalized spacial score (nSPS) is 11.0. The van der Waals surface area contributed by atoms with Crippen molar-refractivity contribution in [2.24, 2.45) is 0 Å². The predicted octanol–water partition coefficient (Wildman–Crippen LogP) is 1.46. The van der Waals surface area contributed by atoms with Crippen molar-refractivity contribution < 1.29 is 19.4 Å². The Morgan fingerprint density at radius 1 is 1.25 bits per heavy atom. The summed E-state index contributed by atoms with van der Waals surface area (Å²) in [6.45, 7) is 3.52. The Kier molecular flexibility index (Phi) is 5.70. The summed E-state index contributed by atoms with van der Waals surface area (Å²) in [5.74, 6) is -0.599. The number of esters is 1. The van der Waals surface area contributed by atoms with Gasteiger partial charge in [-0.1, -0.05) is 18.2 Å². The van der Waals surface area contributed by atoms with Gasteiger partial charge in [0.1, 0.15) is 0 Å². The van der Waals surface area contributed by atoms with Crippen LogP contribution in [0.1, 0.15) is 30.6 Å². The van der Waals surface area contributed by atoms with Gasteiger partial charge < -0.3 is 14.7 Å². The van der Waals surface area contributed by atoms with Crippen molar-refractivity contribution in [3.8, 4) is 0 Å². The second kappa shape index (κ2) is 7.05. The summed E-state index contributed by atoms with van der Waals surface area (Å²) in [7, 11) is 1.31. The largest absolute Gasteiger partial charge is 0.469 e. The Morgan fingerprint density at radius 2 is 1.85 bits per heavy atom. The molecular weight excluding hydrogens is 258 g/mol.